The number of fused-ring (bicyclic) bond motifs is 4. The highest BCUT2D eigenvalue weighted by Crippen LogP contribution is 2.33. The average molecular weight is 415 g/mol. The quantitative estimate of drug-likeness (QED) is 0.327. The van der Waals surface area contributed by atoms with Crippen LogP contribution in [-0.2, 0) is 0 Å². The minimum Gasteiger partial charge on any atom is -0.271 e. The Morgan fingerprint density at radius 2 is 1.74 bits per heavy atom. The second-order valence-corrected chi connectivity index (χ2v) is 7.34. The summed E-state index contributed by atoms with van der Waals surface area (Å²) in [5, 5.41) is 10.7. The summed E-state index contributed by atoms with van der Waals surface area (Å²) in [6, 6.07) is 13.3. The molecule has 132 valence electrons. The lowest BCUT2D eigenvalue weighted by Gasteiger charge is -2.09. The van der Waals surface area contributed by atoms with Crippen molar-refractivity contribution in [2.75, 3.05) is 0 Å². The van der Waals surface area contributed by atoms with Crippen LogP contribution in [0, 0.1) is 6.92 Å². The Kier molecular flexibility index (Phi) is 3.72. The third-order valence-electron chi connectivity index (χ3n) is 4.49. The molecule has 0 N–H and O–H groups in total. The number of halogens is 3. The van der Waals surface area contributed by atoms with Crippen LogP contribution in [0.15, 0.2) is 42.5 Å². The highest BCUT2D eigenvalue weighted by atomic mass is 35.5. The molecule has 0 saturated heterocycles. The van der Waals surface area contributed by atoms with E-state index in [1.807, 2.05) is 31.2 Å². The molecule has 27 heavy (non-hydrogen) atoms. The van der Waals surface area contributed by atoms with E-state index in [0.717, 1.165) is 22.0 Å². The summed E-state index contributed by atoms with van der Waals surface area (Å²) in [5.74, 6) is 0.530. The molecule has 0 aliphatic rings. The maximum atomic E-state index is 6.52. The molecule has 0 spiro atoms. The molecular weight excluding hydrogens is 405 g/mol. The first-order chi connectivity index (χ1) is 13.0. The summed E-state index contributed by atoms with van der Waals surface area (Å²) >= 11 is 19.0. The standard InChI is InChI=1S/C19H10Cl3N5/c1-9-3-2-4-10-7-12(16(21)24-15(9)10)18-25-26-19-17(22)23-13-6-5-11(20)8-14(13)27(18)19/h2-8H,1H3. The number of hydrogen-bond donors (Lipinski definition) is 0. The number of nitrogens with zero attached hydrogens (tertiary/aromatic N) is 5. The van der Waals surface area contributed by atoms with E-state index in [9.17, 15) is 0 Å². The van der Waals surface area contributed by atoms with Crippen molar-refractivity contribution < 1.29 is 0 Å². The van der Waals surface area contributed by atoms with Gasteiger partial charge in [0.15, 0.2) is 16.6 Å². The van der Waals surface area contributed by atoms with Gasteiger partial charge in [0, 0.05) is 10.4 Å². The van der Waals surface area contributed by atoms with E-state index < -0.39 is 0 Å². The predicted octanol–water partition coefficient (Wildman–Crippen LogP) is 5.76. The maximum absolute atomic E-state index is 6.52. The Labute approximate surface area is 168 Å². The topological polar surface area (TPSA) is 56.0 Å². The van der Waals surface area contributed by atoms with Crippen molar-refractivity contribution in [2.24, 2.45) is 0 Å². The van der Waals surface area contributed by atoms with Crippen molar-refractivity contribution in [1.82, 2.24) is 24.6 Å². The fourth-order valence-corrected chi connectivity index (χ4v) is 3.83. The van der Waals surface area contributed by atoms with Gasteiger partial charge in [-0.15, -0.1) is 10.2 Å². The normalized spacial score (nSPS) is 11.7. The van der Waals surface area contributed by atoms with Crippen LogP contribution in [0.2, 0.25) is 15.3 Å². The molecule has 0 amide bonds. The van der Waals surface area contributed by atoms with Crippen LogP contribution in [0.3, 0.4) is 0 Å². The SMILES string of the molecule is Cc1cccc2cc(-c3nnc4c(Cl)nc5ccc(Cl)cc5n34)c(Cl)nc12. The first kappa shape index (κ1) is 16.7. The molecule has 5 nitrogen and oxygen atoms in total. The van der Waals surface area contributed by atoms with Crippen molar-refractivity contribution in [3.05, 3.63) is 63.4 Å². The molecule has 5 rings (SSSR count). The Morgan fingerprint density at radius 1 is 0.889 bits per heavy atom. The van der Waals surface area contributed by atoms with E-state index in [4.69, 9.17) is 34.8 Å². The van der Waals surface area contributed by atoms with Crippen molar-refractivity contribution in [3.63, 3.8) is 0 Å². The largest absolute Gasteiger partial charge is 0.271 e. The summed E-state index contributed by atoms with van der Waals surface area (Å²) in [6.07, 6.45) is 0. The molecule has 8 heteroatoms. The van der Waals surface area contributed by atoms with Gasteiger partial charge < -0.3 is 0 Å². The van der Waals surface area contributed by atoms with Gasteiger partial charge in [0.25, 0.3) is 0 Å². The lowest BCUT2D eigenvalue weighted by molar-refractivity contribution is 1.11. The smallest absolute Gasteiger partial charge is 0.199 e. The van der Waals surface area contributed by atoms with Gasteiger partial charge in [-0.05, 0) is 36.8 Å². The minimum absolute atomic E-state index is 0.254. The summed E-state index contributed by atoms with van der Waals surface area (Å²) in [7, 11) is 0. The van der Waals surface area contributed by atoms with E-state index in [0.29, 0.717) is 32.7 Å². The molecule has 5 aromatic rings. The van der Waals surface area contributed by atoms with Crippen LogP contribution < -0.4 is 0 Å². The molecule has 0 fully saturated rings. The zero-order chi connectivity index (χ0) is 18.7. The molecule has 3 heterocycles. The number of hydrogen-bond acceptors (Lipinski definition) is 4. The Bertz CT molecular complexity index is 1380. The minimum atomic E-state index is 0.254. The number of aromatic nitrogens is 5. The van der Waals surface area contributed by atoms with Crippen LogP contribution in [0.4, 0.5) is 0 Å². The van der Waals surface area contributed by atoms with E-state index in [1.54, 1.807) is 22.6 Å². The summed E-state index contributed by atoms with van der Waals surface area (Å²) in [5.41, 5.74) is 4.41. The van der Waals surface area contributed by atoms with Gasteiger partial charge in [-0.1, -0.05) is 53.0 Å². The van der Waals surface area contributed by atoms with Gasteiger partial charge in [-0.3, -0.25) is 4.40 Å². The van der Waals surface area contributed by atoms with Gasteiger partial charge in [0.05, 0.1) is 22.1 Å². The van der Waals surface area contributed by atoms with E-state index >= 15 is 0 Å². The zero-order valence-corrected chi connectivity index (χ0v) is 16.2. The highest BCUT2D eigenvalue weighted by molar-refractivity contribution is 6.34. The van der Waals surface area contributed by atoms with Gasteiger partial charge in [-0.2, -0.15) is 0 Å². The molecule has 2 aromatic carbocycles. The van der Waals surface area contributed by atoms with E-state index in [1.165, 1.54) is 0 Å². The van der Waals surface area contributed by atoms with Crippen LogP contribution >= 0.6 is 34.8 Å². The molecule has 0 saturated carbocycles. The van der Waals surface area contributed by atoms with Crippen molar-refractivity contribution >= 4 is 62.4 Å². The fraction of sp³-hybridized carbons (Fsp3) is 0.0526. The Hall–Kier alpha value is -2.47. The molecule has 0 atom stereocenters. The lowest BCUT2D eigenvalue weighted by atomic mass is 10.1. The first-order valence-corrected chi connectivity index (χ1v) is 9.22. The van der Waals surface area contributed by atoms with Crippen LogP contribution in [0.1, 0.15) is 5.56 Å². The number of benzene rings is 2. The first-order valence-electron chi connectivity index (χ1n) is 8.09. The molecule has 0 radical (unpaired) electrons. The molecule has 0 unspecified atom stereocenters. The van der Waals surface area contributed by atoms with Crippen molar-refractivity contribution in [3.8, 4) is 11.4 Å². The number of para-hydroxylation sites is 1. The number of rotatable bonds is 1. The number of pyridine rings is 1. The Morgan fingerprint density at radius 3 is 2.59 bits per heavy atom. The van der Waals surface area contributed by atoms with Crippen LogP contribution in [0.25, 0.3) is 39.0 Å². The average Bonchev–Trinajstić information content (AvgIpc) is 3.09. The molecular formula is C19H10Cl3N5. The fourth-order valence-electron chi connectivity index (χ4n) is 3.23. The Balaban J connectivity index is 1.91. The summed E-state index contributed by atoms with van der Waals surface area (Å²) < 4.78 is 1.81. The summed E-state index contributed by atoms with van der Waals surface area (Å²) in [6.45, 7) is 2.00. The maximum Gasteiger partial charge on any atom is 0.199 e. The van der Waals surface area contributed by atoms with E-state index in [-0.39, 0.29) is 5.15 Å². The molecule has 0 bridgehead atoms. The lowest BCUT2D eigenvalue weighted by Crippen LogP contribution is -1.97. The van der Waals surface area contributed by atoms with Gasteiger partial charge in [0.2, 0.25) is 0 Å². The second-order valence-electron chi connectivity index (χ2n) is 6.19. The third-order valence-corrected chi connectivity index (χ3v) is 5.26. The monoisotopic (exact) mass is 413 g/mol. The molecule has 0 aliphatic heterocycles. The van der Waals surface area contributed by atoms with Gasteiger partial charge >= 0.3 is 0 Å². The van der Waals surface area contributed by atoms with Crippen LogP contribution in [0.5, 0.6) is 0 Å². The van der Waals surface area contributed by atoms with Gasteiger partial charge in [0.1, 0.15) is 5.15 Å². The predicted molar refractivity (Wildman–Crippen MR) is 109 cm³/mol. The zero-order valence-electron chi connectivity index (χ0n) is 13.9. The van der Waals surface area contributed by atoms with Crippen molar-refractivity contribution in [1.29, 1.82) is 0 Å². The highest BCUT2D eigenvalue weighted by Gasteiger charge is 2.19. The van der Waals surface area contributed by atoms with E-state index in [2.05, 4.69) is 20.2 Å². The van der Waals surface area contributed by atoms with Gasteiger partial charge in [-0.25, -0.2) is 9.97 Å². The third kappa shape index (κ3) is 2.54. The summed E-state index contributed by atoms with van der Waals surface area (Å²) in [4.78, 5) is 8.94. The number of aryl methyl sites for hydroxylation is 1. The van der Waals surface area contributed by atoms with Crippen LogP contribution in [-0.4, -0.2) is 24.6 Å². The second kappa shape index (κ2) is 6.02. The molecule has 0 aliphatic carbocycles. The molecule has 3 aromatic heterocycles. The van der Waals surface area contributed by atoms with Crippen molar-refractivity contribution in [2.45, 2.75) is 6.92 Å².